The summed E-state index contributed by atoms with van der Waals surface area (Å²) >= 11 is 0. The Hall–Kier alpha value is -2.44. The van der Waals surface area contributed by atoms with E-state index in [4.69, 9.17) is 5.73 Å². The molecule has 1 aromatic rings. The molecule has 13 heteroatoms. The van der Waals surface area contributed by atoms with E-state index < -0.39 is 53.6 Å². The van der Waals surface area contributed by atoms with Crippen LogP contribution in [0.3, 0.4) is 0 Å². The van der Waals surface area contributed by atoms with Gasteiger partial charge in [0.25, 0.3) is 0 Å². The Labute approximate surface area is 180 Å². The Morgan fingerprint density at radius 3 is 2.47 bits per heavy atom. The quantitative estimate of drug-likeness (QED) is 0.687. The van der Waals surface area contributed by atoms with Gasteiger partial charge in [-0.25, -0.2) is 9.97 Å². The molecule has 0 spiro atoms. The normalized spacial score (nSPS) is 20.9. The van der Waals surface area contributed by atoms with Crippen LogP contribution in [-0.4, -0.2) is 57.3 Å². The van der Waals surface area contributed by atoms with Gasteiger partial charge in [-0.05, 0) is 18.8 Å². The number of rotatable bonds is 4. The summed E-state index contributed by atoms with van der Waals surface area (Å²) in [6, 6.07) is -0.708. The van der Waals surface area contributed by atoms with Gasteiger partial charge in [-0.2, -0.15) is 26.3 Å². The minimum absolute atomic E-state index is 0.0611. The van der Waals surface area contributed by atoms with E-state index >= 15 is 0 Å². The van der Waals surface area contributed by atoms with Crippen molar-refractivity contribution < 1.29 is 35.9 Å². The van der Waals surface area contributed by atoms with Crippen LogP contribution in [0.2, 0.25) is 0 Å². The molecule has 3 rings (SSSR count). The first kappa shape index (κ1) is 24.2. The van der Waals surface area contributed by atoms with Crippen molar-refractivity contribution in [1.29, 1.82) is 0 Å². The second-order valence-electron chi connectivity index (χ2n) is 8.29. The monoisotopic (exact) mass is 467 g/mol. The highest BCUT2D eigenvalue weighted by Gasteiger charge is 2.43. The zero-order valence-corrected chi connectivity index (χ0v) is 17.3. The van der Waals surface area contributed by atoms with Crippen LogP contribution in [0.4, 0.5) is 26.3 Å². The number of halogens is 6. The highest BCUT2D eigenvalue weighted by molar-refractivity contribution is 5.78. The third-order valence-corrected chi connectivity index (χ3v) is 5.57. The number of carbonyl (C=O) groups is 2. The van der Waals surface area contributed by atoms with Crippen molar-refractivity contribution in [2.24, 2.45) is 11.7 Å². The molecule has 0 aromatic carbocycles. The molecule has 0 saturated carbocycles. The van der Waals surface area contributed by atoms with Crippen LogP contribution in [0.15, 0.2) is 0 Å². The summed E-state index contributed by atoms with van der Waals surface area (Å²) < 4.78 is 78.8. The minimum Gasteiger partial charge on any atom is -0.341 e. The Morgan fingerprint density at radius 2 is 1.84 bits per heavy atom. The van der Waals surface area contributed by atoms with Crippen molar-refractivity contribution >= 4 is 11.8 Å². The summed E-state index contributed by atoms with van der Waals surface area (Å²) in [6.45, 7) is 2.03. The van der Waals surface area contributed by atoms with E-state index in [1.165, 1.54) is 0 Å². The summed E-state index contributed by atoms with van der Waals surface area (Å²) in [5, 5.41) is 0. The maximum absolute atomic E-state index is 13.3. The van der Waals surface area contributed by atoms with Crippen molar-refractivity contribution in [3.8, 4) is 0 Å². The smallest absolute Gasteiger partial charge is 0.341 e. The molecule has 1 saturated heterocycles. The van der Waals surface area contributed by atoms with Crippen LogP contribution >= 0.6 is 0 Å². The van der Waals surface area contributed by atoms with Gasteiger partial charge in [-0.15, -0.1) is 0 Å². The van der Waals surface area contributed by atoms with Gasteiger partial charge in [0, 0.05) is 44.1 Å². The second-order valence-corrected chi connectivity index (χ2v) is 8.29. The number of nitrogens with zero attached hydrogens (tertiary/aromatic N) is 4. The van der Waals surface area contributed by atoms with Crippen LogP contribution in [-0.2, 0) is 34.9 Å². The van der Waals surface area contributed by atoms with Crippen molar-refractivity contribution in [2.45, 2.75) is 57.5 Å². The number of amides is 2. The first-order chi connectivity index (χ1) is 14.8. The number of piperidine rings is 1. The summed E-state index contributed by atoms with van der Waals surface area (Å²) in [6.07, 6.45) is -9.60. The maximum Gasteiger partial charge on any atom is 0.451 e. The lowest BCUT2D eigenvalue weighted by molar-refractivity contribution is -0.153. The van der Waals surface area contributed by atoms with Crippen LogP contribution in [0.25, 0.3) is 0 Å². The fourth-order valence-corrected chi connectivity index (χ4v) is 3.98. The Bertz CT molecular complexity index is 888. The molecular formula is C19H23F6N5O2. The first-order valence-corrected chi connectivity index (χ1v) is 10.1. The van der Waals surface area contributed by atoms with Gasteiger partial charge in [0.15, 0.2) is 5.69 Å². The lowest BCUT2D eigenvalue weighted by atomic mass is 9.98. The highest BCUT2D eigenvalue weighted by Crippen LogP contribution is 2.36. The van der Waals surface area contributed by atoms with Crippen molar-refractivity contribution in [1.82, 2.24) is 19.8 Å². The van der Waals surface area contributed by atoms with Crippen LogP contribution in [0.1, 0.15) is 49.0 Å². The number of hydrogen-bond acceptors (Lipinski definition) is 5. The zero-order valence-electron chi connectivity index (χ0n) is 17.3. The first-order valence-electron chi connectivity index (χ1n) is 10.1. The molecule has 2 atom stereocenters. The number of aromatic nitrogens is 2. The third-order valence-electron chi connectivity index (χ3n) is 5.57. The molecule has 0 bridgehead atoms. The number of alkyl halides is 6. The fraction of sp³-hybridized carbons (Fsp3) is 0.684. The van der Waals surface area contributed by atoms with E-state index in [1.807, 2.05) is 6.92 Å². The molecule has 32 heavy (non-hydrogen) atoms. The summed E-state index contributed by atoms with van der Waals surface area (Å²) in [7, 11) is 0. The fourth-order valence-electron chi connectivity index (χ4n) is 3.98. The molecule has 3 heterocycles. The molecule has 1 fully saturated rings. The van der Waals surface area contributed by atoms with Gasteiger partial charge in [-0.1, -0.05) is 6.92 Å². The maximum atomic E-state index is 13.3. The molecule has 2 aliphatic heterocycles. The van der Waals surface area contributed by atoms with Crippen LogP contribution in [0.5, 0.6) is 0 Å². The zero-order chi connectivity index (χ0) is 23.8. The SMILES string of the molecule is C[C@@H]1CCC(=O)N(C[C@H](N)CC(=O)N2CCc3c(nc(C(F)(F)F)nc3C(F)(F)F)C2)C1. The predicted octanol–water partition coefficient (Wildman–Crippen LogP) is 2.37. The second kappa shape index (κ2) is 8.83. The standard InChI is InChI=1S/C19H23F6N5O2/c1-10-2-3-14(31)30(7-10)8-11(26)6-15(32)29-5-4-12-13(9-29)27-17(19(23,24)25)28-16(12)18(20,21)22/h10-11H,2-9,26H2,1H3/t10-,11-/m1/s1. The Morgan fingerprint density at radius 1 is 1.16 bits per heavy atom. The summed E-state index contributed by atoms with van der Waals surface area (Å²) in [5.41, 5.74) is 3.47. The largest absolute Gasteiger partial charge is 0.451 e. The van der Waals surface area contributed by atoms with Crippen molar-refractivity contribution in [2.75, 3.05) is 19.6 Å². The van der Waals surface area contributed by atoms with Crippen molar-refractivity contribution in [3.05, 3.63) is 22.8 Å². The summed E-state index contributed by atoms with van der Waals surface area (Å²) in [4.78, 5) is 33.3. The van der Waals surface area contributed by atoms with Gasteiger partial charge >= 0.3 is 12.4 Å². The Balaban J connectivity index is 1.72. The molecule has 2 amide bonds. The lowest BCUT2D eigenvalue weighted by Gasteiger charge is -2.34. The van der Waals surface area contributed by atoms with Gasteiger partial charge in [-0.3, -0.25) is 9.59 Å². The van der Waals surface area contributed by atoms with Gasteiger partial charge in [0.05, 0.1) is 12.2 Å². The third kappa shape index (κ3) is 5.48. The van der Waals surface area contributed by atoms with E-state index in [9.17, 15) is 35.9 Å². The van der Waals surface area contributed by atoms with Crippen LogP contribution < -0.4 is 5.73 Å². The van der Waals surface area contributed by atoms with Crippen LogP contribution in [0, 0.1) is 5.92 Å². The van der Waals surface area contributed by atoms with Crippen molar-refractivity contribution in [3.63, 3.8) is 0 Å². The predicted molar refractivity (Wildman–Crippen MR) is 98.7 cm³/mol. The lowest BCUT2D eigenvalue weighted by Crippen LogP contribution is -2.48. The average Bonchev–Trinajstić information content (AvgIpc) is 2.67. The van der Waals surface area contributed by atoms with E-state index in [1.54, 1.807) is 4.90 Å². The molecule has 0 unspecified atom stereocenters. The number of carbonyl (C=O) groups excluding carboxylic acids is 2. The molecular weight excluding hydrogens is 444 g/mol. The van der Waals surface area contributed by atoms with E-state index in [0.717, 1.165) is 11.3 Å². The van der Waals surface area contributed by atoms with Gasteiger partial charge in [0.1, 0.15) is 0 Å². The number of fused-ring (bicyclic) bond motifs is 1. The molecule has 2 aliphatic rings. The Kier molecular flexibility index (Phi) is 6.68. The molecule has 178 valence electrons. The number of hydrogen-bond donors (Lipinski definition) is 1. The molecule has 1 aromatic heterocycles. The van der Waals surface area contributed by atoms with E-state index in [2.05, 4.69) is 9.97 Å². The van der Waals surface area contributed by atoms with Gasteiger partial charge < -0.3 is 15.5 Å². The van der Waals surface area contributed by atoms with E-state index in [-0.39, 0.29) is 31.8 Å². The average molecular weight is 467 g/mol. The summed E-state index contributed by atoms with van der Waals surface area (Å²) in [5.74, 6) is -2.18. The van der Waals surface area contributed by atoms with Gasteiger partial charge in [0.2, 0.25) is 17.6 Å². The van der Waals surface area contributed by atoms with E-state index in [0.29, 0.717) is 18.9 Å². The number of likely N-dealkylation sites (tertiary alicyclic amines) is 1. The minimum atomic E-state index is -5.16. The molecule has 7 nitrogen and oxygen atoms in total. The molecule has 2 N–H and O–H groups in total. The molecule has 0 radical (unpaired) electrons. The molecule has 0 aliphatic carbocycles. The highest BCUT2D eigenvalue weighted by atomic mass is 19.4. The topological polar surface area (TPSA) is 92.4 Å². The number of nitrogens with two attached hydrogens (primary N) is 1.